The van der Waals surface area contributed by atoms with E-state index in [1.54, 1.807) is 4.46 Å². The standard InChI is InChI=1S/C20H23NSe/c1-3-7-16(8-4-1)20-14-13-17-11-12-18(21(17)20)15-22-19-9-5-2-6-10-19/h1-10,17-18,20H,11-15H2/t17-,18+,20+/m1/s1. The Labute approximate surface area is 139 Å². The summed E-state index contributed by atoms with van der Waals surface area (Å²) in [7, 11) is 0. The molecule has 0 bridgehead atoms. The summed E-state index contributed by atoms with van der Waals surface area (Å²) < 4.78 is 1.55. The fourth-order valence-electron chi connectivity index (χ4n) is 4.18. The summed E-state index contributed by atoms with van der Waals surface area (Å²) in [4.78, 5) is 2.88. The summed E-state index contributed by atoms with van der Waals surface area (Å²) in [6, 6.07) is 24.6. The molecule has 0 radical (unpaired) electrons. The maximum absolute atomic E-state index is 2.88. The Bertz CT molecular complexity index is 598. The Morgan fingerprint density at radius 1 is 0.818 bits per heavy atom. The summed E-state index contributed by atoms with van der Waals surface area (Å²) in [5.41, 5.74) is 1.53. The molecular weight excluding hydrogens is 333 g/mol. The zero-order valence-electron chi connectivity index (χ0n) is 12.9. The molecule has 0 amide bonds. The van der Waals surface area contributed by atoms with Gasteiger partial charge in [0.2, 0.25) is 0 Å². The van der Waals surface area contributed by atoms with Gasteiger partial charge in [0, 0.05) is 0 Å². The van der Waals surface area contributed by atoms with Gasteiger partial charge in [-0.05, 0) is 0 Å². The van der Waals surface area contributed by atoms with Gasteiger partial charge in [-0.1, -0.05) is 0 Å². The van der Waals surface area contributed by atoms with Gasteiger partial charge in [-0.15, -0.1) is 0 Å². The van der Waals surface area contributed by atoms with Crippen LogP contribution in [0.15, 0.2) is 60.7 Å². The maximum atomic E-state index is 2.88. The van der Waals surface area contributed by atoms with E-state index in [1.165, 1.54) is 36.6 Å². The van der Waals surface area contributed by atoms with Crippen LogP contribution in [0.25, 0.3) is 0 Å². The molecule has 0 spiro atoms. The van der Waals surface area contributed by atoms with Crippen LogP contribution in [-0.4, -0.2) is 31.9 Å². The van der Waals surface area contributed by atoms with E-state index in [9.17, 15) is 0 Å². The Morgan fingerprint density at radius 3 is 2.27 bits per heavy atom. The Balaban J connectivity index is 1.47. The molecule has 22 heavy (non-hydrogen) atoms. The number of nitrogens with zero attached hydrogens (tertiary/aromatic N) is 1. The zero-order valence-corrected chi connectivity index (χ0v) is 14.6. The van der Waals surface area contributed by atoms with Gasteiger partial charge in [-0.3, -0.25) is 0 Å². The second-order valence-electron chi connectivity index (χ2n) is 6.46. The summed E-state index contributed by atoms with van der Waals surface area (Å²) in [6.45, 7) is 0. The van der Waals surface area contributed by atoms with Crippen molar-refractivity contribution in [3.63, 3.8) is 0 Å². The van der Waals surface area contributed by atoms with Crippen molar-refractivity contribution in [3.05, 3.63) is 66.2 Å². The van der Waals surface area contributed by atoms with Crippen molar-refractivity contribution in [2.45, 2.75) is 49.1 Å². The molecule has 2 fully saturated rings. The van der Waals surface area contributed by atoms with Gasteiger partial charge < -0.3 is 0 Å². The van der Waals surface area contributed by atoms with Crippen LogP contribution in [0.4, 0.5) is 0 Å². The van der Waals surface area contributed by atoms with Crippen molar-refractivity contribution in [2.24, 2.45) is 0 Å². The van der Waals surface area contributed by atoms with E-state index in [0.717, 1.165) is 12.1 Å². The third-order valence-electron chi connectivity index (χ3n) is 5.18. The summed E-state index contributed by atoms with van der Waals surface area (Å²) in [5, 5.41) is 1.37. The molecule has 114 valence electrons. The first-order valence-electron chi connectivity index (χ1n) is 8.42. The molecule has 0 aliphatic carbocycles. The number of rotatable bonds is 4. The van der Waals surface area contributed by atoms with Crippen molar-refractivity contribution in [1.29, 1.82) is 0 Å². The first kappa shape index (κ1) is 14.5. The van der Waals surface area contributed by atoms with E-state index in [0.29, 0.717) is 21.0 Å². The first-order chi connectivity index (χ1) is 10.9. The second kappa shape index (κ2) is 6.58. The fourth-order valence-corrected chi connectivity index (χ4v) is 6.43. The number of hydrogen-bond acceptors (Lipinski definition) is 1. The van der Waals surface area contributed by atoms with Crippen LogP contribution in [0, 0.1) is 0 Å². The Kier molecular flexibility index (Phi) is 4.34. The van der Waals surface area contributed by atoms with E-state index in [-0.39, 0.29) is 0 Å². The Morgan fingerprint density at radius 2 is 1.50 bits per heavy atom. The van der Waals surface area contributed by atoms with Crippen LogP contribution in [0.3, 0.4) is 0 Å². The van der Waals surface area contributed by atoms with Crippen LogP contribution >= 0.6 is 0 Å². The summed E-state index contributed by atoms with van der Waals surface area (Å²) in [5.74, 6) is 0. The summed E-state index contributed by atoms with van der Waals surface area (Å²) in [6.07, 6.45) is 5.57. The quantitative estimate of drug-likeness (QED) is 0.753. The topological polar surface area (TPSA) is 3.24 Å². The van der Waals surface area contributed by atoms with Crippen molar-refractivity contribution < 1.29 is 0 Å². The molecule has 4 rings (SSSR count). The van der Waals surface area contributed by atoms with E-state index in [4.69, 9.17) is 0 Å². The Hall–Kier alpha value is -1.08. The van der Waals surface area contributed by atoms with E-state index < -0.39 is 0 Å². The van der Waals surface area contributed by atoms with Gasteiger partial charge in [-0.2, -0.15) is 0 Å². The predicted molar refractivity (Wildman–Crippen MR) is 93.7 cm³/mol. The molecule has 2 aliphatic heterocycles. The number of hydrogen-bond donors (Lipinski definition) is 0. The van der Waals surface area contributed by atoms with Crippen LogP contribution in [0.2, 0.25) is 5.32 Å². The van der Waals surface area contributed by atoms with Gasteiger partial charge in [-0.25, -0.2) is 0 Å². The third-order valence-corrected chi connectivity index (χ3v) is 7.61. The molecule has 2 aliphatic rings. The van der Waals surface area contributed by atoms with Gasteiger partial charge in [0.15, 0.2) is 0 Å². The molecule has 3 atom stereocenters. The average Bonchev–Trinajstić information content (AvgIpc) is 3.17. The molecule has 2 saturated heterocycles. The number of benzene rings is 2. The first-order valence-corrected chi connectivity index (χ1v) is 10.5. The van der Waals surface area contributed by atoms with Crippen LogP contribution in [0.5, 0.6) is 0 Å². The molecule has 2 heterocycles. The van der Waals surface area contributed by atoms with Crippen molar-refractivity contribution in [2.75, 3.05) is 0 Å². The van der Waals surface area contributed by atoms with Gasteiger partial charge in [0.1, 0.15) is 0 Å². The minimum atomic E-state index is 0.616. The average molecular weight is 356 g/mol. The third kappa shape index (κ3) is 2.88. The van der Waals surface area contributed by atoms with Crippen LogP contribution in [0.1, 0.15) is 37.3 Å². The monoisotopic (exact) mass is 357 g/mol. The molecule has 0 unspecified atom stereocenters. The van der Waals surface area contributed by atoms with E-state index >= 15 is 0 Å². The van der Waals surface area contributed by atoms with Crippen molar-refractivity contribution in [3.8, 4) is 0 Å². The van der Waals surface area contributed by atoms with E-state index in [2.05, 4.69) is 65.6 Å². The van der Waals surface area contributed by atoms with Gasteiger partial charge >= 0.3 is 140 Å². The molecule has 0 N–H and O–H groups in total. The van der Waals surface area contributed by atoms with Crippen LogP contribution in [-0.2, 0) is 0 Å². The molecule has 1 nitrogen and oxygen atoms in total. The molecule has 2 aromatic rings. The second-order valence-corrected chi connectivity index (χ2v) is 8.75. The molecule has 2 aromatic carbocycles. The number of fused-ring (bicyclic) bond motifs is 1. The predicted octanol–water partition coefficient (Wildman–Crippen LogP) is 3.80. The molecule has 0 aromatic heterocycles. The van der Waals surface area contributed by atoms with Crippen LogP contribution < -0.4 is 4.46 Å². The normalized spacial score (nSPS) is 27.9. The zero-order chi connectivity index (χ0) is 14.8. The van der Waals surface area contributed by atoms with E-state index in [1.807, 2.05) is 0 Å². The van der Waals surface area contributed by atoms with Gasteiger partial charge in [0.25, 0.3) is 0 Å². The fraction of sp³-hybridized carbons (Fsp3) is 0.400. The van der Waals surface area contributed by atoms with Crippen molar-refractivity contribution >= 4 is 19.4 Å². The van der Waals surface area contributed by atoms with Gasteiger partial charge in [0.05, 0.1) is 0 Å². The summed E-state index contributed by atoms with van der Waals surface area (Å²) >= 11 is 0.616. The molecular formula is C20H23NSe. The molecule has 0 saturated carbocycles. The SMILES string of the molecule is c1ccc([Se]C[C@@H]2CC[C@@H]3CC[C@@H](c4ccccc4)N32)cc1. The minimum absolute atomic E-state index is 0.616. The van der Waals surface area contributed by atoms with Crippen molar-refractivity contribution in [1.82, 2.24) is 4.90 Å². The molecule has 2 heteroatoms.